The molecule has 0 aromatic heterocycles. The predicted molar refractivity (Wildman–Crippen MR) is 53.8 cm³/mol. The minimum Gasteiger partial charge on any atom is -0.479 e. The summed E-state index contributed by atoms with van der Waals surface area (Å²) in [6, 6.07) is 4.23. The highest BCUT2D eigenvalue weighted by atomic mass is 35.5. The molecule has 6 heteroatoms. The summed E-state index contributed by atoms with van der Waals surface area (Å²) in [6.45, 7) is -0.694. The molecular formula is C9H8ClNO4. The number of carbonyl (C=O) groups is 2. The average Bonchev–Trinajstić information content (AvgIpc) is 2.14. The minimum absolute atomic E-state index is 0.0978. The van der Waals surface area contributed by atoms with E-state index >= 15 is 0 Å². The van der Waals surface area contributed by atoms with E-state index in [1.54, 1.807) is 0 Å². The first kappa shape index (κ1) is 11.3. The first-order valence-corrected chi connectivity index (χ1v) is 4.32. The second kappa shape index (κ2) is 4.65. The van der Waals surface area contributed by atoms with Gasteiger partial charge in [0.25, 0.3) is 0 Å². The van der Waals surface area contributed by atoms with Crippen molar-refractivity contribution in [3.8, 4) is 0 Å². The SMILES string of the molecule is Nc1cc(Cl)ccc1C(=O)OCC(=O)O. The summed E-state index contributed by atoms with van der Waals surface area (Å²) in [7, 11) is 0. The van der Waals surface area contributed by atoms with Gasteiger partial charge in [0.2, 0.25) is 0 Å². The molecule has 0 amide bonds. The molecule has 0 fully saturated rings. The topological polar surface area (TPSA) is 89.6 Å². The molecule has 0 saturated carbocycles. The van der Waals surface area contributed by atoms with E-state index in [0.717, 1.165) is 0 Å². The van der Waals surface area contributed by atoms with Crippen molar-refractivity contribution in [2.75, 3.05) is 12.3 Å². The maximum absolute atomic E-state index is 11.3. The van der Waals surface area contributed by atoms with Gasteiger partial charge in [0.1, 0.15) is 0 Å². The number of hydrogen-bond acceptors (Lipinski definition) is 4. The van der Waals surface area contributed by atoms with Crippen LogP contribution in [-0.2, 0) is 9.53 Å². The molecule has 3 N–H and O–H groups in total. The van der Waals surface area contributed by atoms with Crippen molar-refractivity contribution in [3.63, 3.8) is 0 Å². The van der Waals surface area contributed by atoms with Crippen LogP contribution >= 0.6 is 11.6 Å². The molecule has 0 bridgehead atoms. The Morgan fingerprint density at radius 1 is 1.47 bits per heavy atom. The van der Waals surface area contributed by atoms with Crippen molar-refractivity contribution in [2.24, 2.45) is 0 Å². The first-order valence-electron chi connectivity index (χ1n) is 3.94. The molecule has 0 aliphatic rings. The number of esters is 1. The summed E-state index contributed by atoms with van der Waals surface area (Å²) in [5, 5.41) is 8.68. The number of hydrogen-bond donors (Lipinski definition) is 2. The molecule has 0 spiro atoms. The number of nitrogens with two attached hydrogens (primary N) is 1. The zero-order valence-electron chi connectivity index (χ0n) is 7.57. The summed E-state index contributed by atoms with van der Waals surface area (Å²) in [6.07, 6.45) is 0. The van der Waals surface area contributed by atoms with Gasteiger partial charge in [-0.1, -0.05) is 11.6 Å². The Bertz CT molecular complexity index is 405. The van der Waals surface area contributed by atoms with Crippen LogP contribution < -0.4 is 5.73 Å². The fourth-order valence-electron chi connectivity index (χ4n) is 0.925. The van der Waals surface area contributed by atoms with Crippen LogP contribution in [0.2, 0.25) is 5.02 Å². The van der Waals surface area contributed by atoms with Gasteiger partial charge in [0, 0.05) is 10.7 Å². The van der Waals surface area contributed by atoms with Gasteiger partial charge in [-0.2, -0.15) is 0 Å². The zero-order chi connectivity index (χ0) is 11.4. The standard InChI is InChI=1S/C9H8ClNO4/c10-5-1-2-6(7(11)3-5)9(14)15-4-8(12)13/h1-3H,4,11H2,(H,12,13). The van der Waals surface area contributed by atoms with E-state index in [9.17, 15) is 9.59 Å². The van der Waals surface area contributed by atoms with Crippen molar-refractivity contribution in [1.29, 1.82) is 0 Å². The summed E-state index contributed by atoms with van der Waals surface area (Å²) in [5.41, 5.74) is 5.74. The summed E-state index contributed by atoms with van der Waals surface area (Å²) in [5.74, 6) is -2.01. The quantitative estimate of drug-likeness (QED) is 0.600. The van der Waals surface area contributed by atoms with E-state index in [1.165, 1.54) is 18.2 Å². The summed E-state index contributed by atoms with van der Waals surface area (Å²) >= 11 is 5.62. The van der Waals surface area contributed by atoms with E-state index in [1.807, 2.05) is 0 Å². The van der Waals surface area contributed by atoms with Gasteiger partial charge in [-0.25, -0.2) is 9.59 Å². The Labute approximate surface area is 90.4 Å². The number of anilines is 1. The van der Waals surface area contributed by atoms with Crippen LogP contribution in [0.5, 0.6) is 0 Å². The Kier molecular flexibility index (Phi) is 3.51. The third-order valence-electron chi connectivity index (χ3n) is 1.56. The molecule has 5 nitrogen and oxygen atoms in total. The highest BCUT2D eigenvalue weighted by molar-refractivity contribution is 6.31. The van der Waals surface area contributed by atoms with Crippen LogP contribution in [0.25, 0.3) is 0 Å². The average molecular weight is 230 g/mol. The van der Waals surface area contributed by atoms with Crippen LogP contribution in [0.3, 0.4) is 0 Å². The Morgan fingerprint density at radius 2 is 2.13 bits per heavy atom. The highest BCUT2D eigenvalue weighted by Gasteiger charge is 2.12. The molecule has 1 aromatic rings. The number of carboxylic acids is 1. The largest absolute Gasteiger partial charge is 0.479 e. The third kappa shape index (κ3) is 3.14. The molecule has 0 aliphatic heterocycles. The van der Waals surface area contributed by atoms with Crippen molar-refractivity contribution < 1.29 is 19.4 Å². The minimum atomic E-state index is -1.23. The molecule has 15 heavy (non-hydrogen) atoms. The van der Waals surface area contributed by atoms with Gasteiger partial charge >= 0.3 is 11.9 Å². The van der Waals surface area contributed by atoms with Gasteiger partial charge in [0.05, 0.1) is 5.56 Å². The number of carbonyl (C=O) groups excluding carboxylic acids is 1. The Hall–Kier alpha value is -1.75. The number of aliphatic carboxylic acids is 1. The Balaban J connectivity index is 2.78. The predicted octanol–water partition coefficient (Wildman–Crippen LogP) is 1.16. The smallest absolute Gasteiger partial charge is 0.341 e. The molecule has 0 atom stereocenters. The maximum atomic E-state index is 11.3. The van der Waals surface area contributed by atoms with Crippen molar-refractivity contribution in [3.05, 3.63) is 28.8 Å². The number of carboxylic acid groups (broad SMARTS) is 1. The molecule has 1 aromatic carbocycles. The van der Waals surface area contributed by atoms with Crippen molar-refractivity contribution >= 4 is 29.2 Å². The number of rotatable bonds is 3. The van der Waals surface area contributed by atoms with Crippen LogP contribution in [0.4, 0.5) is 5.69 Å². The molecular weight excluding hydrogens is 222 g/mol. The summed E-state index contributed by atoms with van der Waals surface area (Å²) < 4.78 is 4.45. The first-order chi connectivity index (χ1) is 7.00. The molecule has 0 saturated heterocycles. The molecule has 1 rings (SSSR count). The number of ether oxygens (including phenoxy) is 1. The lowest BCUT2D eigenvalue weighted by atomic mass is 10.2. The van der Waals surface area contributed by atoms with E-state index in [-0.39, 0.29) is 11.3 Å². The fraction of sp³-hybridized carbons (Fsp3) is 0.111. The summed E-state index contributed by atoms with van der Waals surface area (Å²) in [4.78, 5) is 21.4. The Morgan fingerprint density at radius 3 is 2.67 bits per heavy atom. The van der Waals surface area contributed by atoms with Crippen molar-refractivity contribution in [2.45, 2.75) is 0 Å². The number of nitrogen functional groups attached to an aromatic ring is 1. The second-order valence-corrected chi connectivity index (χ2v) is 3.14. The van der Waals surface area contributed by atoms with Crippen LogP contribution in [0.15, 0.2) is 18.2 Å². The molecule has 0 radical (unpaired) electrons. The number of halogens is 1. The molecule has 0 unspecified atom stereocenters. The molecule has 0 heterocycles. The van der Waals surface area contributed by atoms with Crippen molar-refractivity contribution in [1.82, 2.24) is 0 Å². The lowest BCUT2D eigenvalue weighted by Crippen LogP contribution is -2.14. The van der Waals surface area contributed by atoms with Gasteiger partial charge < -0.3 is 15.6 Å². The van der Waals surface area contributed by atoms with Crippen LogP contribution in [-0.4, -0.2) is 23.7 Å². The zero-order valence-corrected chi connectivity index (χ0v) is 8.32. The lowest BCUT2D eigenvalue weighted by Gasteiger charge is -2.04. The van der Waals surface area contributed by atoms with Gasteiger partial charge in [-0.05, 0) is 18.2 Å². The van der Waals surface area contributed by atoms with Gasteiger partial charge in [-0.15, -0.1) is 0 Å². The van der Waals surface area contributed by atoms with E-state index in [0.29, 0.717) is 5.02 Å². The third-order valence-corrected chi connectivity index (χ3v) is 1.80. The second-order valence-electron chi connectivity index (χ2n) is 2.70. The van der Waals surface area contributed by atoms with Gasteiger partial charge in [0.15, 0.2) is 6.61 Å². The highest BCUT2D eigenvalue weighted by Crippen LogP contribution is 2.18. The van der Waals surface area contributed by atoms with Crippen LogP contribution in [0, 0.1) is 0 Å². The van der Waals surface area contributed by atoms with Gasteiger partial charge in [-0.3, -0.25) is 0 Å². The van der Waals surface area contributed by atoms with Crippen LogP contribution in [0.1, 0.15) is 10.4 Å². The number of benzene rings is 1. The lowest BCUT2D eigenvalue weighted by molar-refractivity contribution is -0.140. The van der Waals surface area contributed by atoms with E-state index in [2.05, 4.69) is 4.74 Å². The monoisotopic (exact) mass is 229 g/mol. The molecule has 0 aliphatic carbocycles. The normalized spacial score (nSPS) is 9.67. The van der Waals surface area contributed by atoms with E-state index in [4.69, 9.17) is 22.4 Å². The fourth-order valence-corrected chi connectivity index (χ4v) is 1.11. The van der Waals surface area contributed by atoms with E-state index < -0.39 is 18.5 Å². The maximum Gasteiger partial charge on any atom is 0.341 e. The molecule has 80 valence electrons.